The number of nitrogens with zero attached hydrogens (tertiary/aromatic N) is 1. The highest BCUT2D eigenvalue weighted by molar-refractivity contribution is 5.92. The quantitative estimate of drug-likeness (QED) is 0.760. The number of carbonyl (C=O) groups is 1. The van der Waals surface area contributed by atoms with E-state index in [9.17, 15) is 18.4 Å². The number of hydrogen-bond donors (Lipinski definition) is 2. The van der Waals surface area contributed by atoms with Crippen LogP contribution in [0.1, 0.15) is 10.4 Å². The van der Waals surface area contributed by atoms with Crippen LogP contribution in [0.25, 0.3) is 16.7 Å². The van der Waals surface area contributed by atoms with Crippen LogP contribution in [-0.2, 0) is 0 Å². The third-order valence-corrected chi connectivity index (χ3v) is 3.08. The number of benzene rings is 2. The number of fused-ring (bicyclic) bond motifs is 1. The molecule has 0 bridgehead atoms. The number of aromatic carboxylic acids is 1. The van der Waals surface area contributed by atoms with Gasteiger partial charge in [-0.15, -0.1) is 0 Å². The van der Waals surface area contributed by atoms with Crippen LogP contribution < -0.4 is 5.69 Å². The Bertz CT molecular complexity index is 928. The number of imidazole rings is 1. The summed E-state index contributed by atoms with van der Waals surface area (Å²) in [6.45, 7) is 0. The Morgan fingerprint density at radius 3 is 2.62 bits per heavy atom. The molecule has 0 saturated carbocycles. The van der Waals surface area contributed by atoms with Gasteiger partial charge >= 0.3 is 11.7 Å². The number of carboxylic acids is 1. The third-order valence-electron chi connectivity index (χ3n) is 3.08. The maximum Gasteiger partial charge on any atom is 0.335 e. The molecule has 0 aliphatic rings. The van der Waals surface area contributed by atoms with E-state index >= 15 is 0 Å². The van der Waals surface area contributed by atoms with E-state index in [4.69, 9.17) is 5.11 Å². The molecule has 3 rings (SSSR count). The van der Waals surface area contributed by atoms with Gasteiger partial charge in [0.15, 0.2) is 0 Å². The minimum absolute atomic E-state index is 0.0629. The van der Waals surface area contributed by atoms with Crippen LogP contribution in [0.3, 0.4) is 0 Å². The lowest BCUT2D eigenvalue weighted by atomic mass is 10.2. The topological polar surface area (TPSA) is 75.1 Å². The van der Waals surface area contributed by atoms with E-state index in [1.54, 1.807) is 0 Å². The Morgan fingerprint density at radius 1 is 1.14 bits per heavy atom. The molecule has 7 heteroatoms. The zero-order valence-electron chi connectivity index (χ0n) is 10.4. The Hall–Kier alpha value is -2.96. The monoisotopic (exact) mass is 290 g/mol. The second-order valence-corrected chi connectivity index (χ2v) is 4.40. The van der Waals surface area contributed by atoms with Crippen LogP contribution >= 0.6 is 0 Å². The SMILES string of the molecule is O=C(O)c1ccc2[nH]c(=O)n(-c3cc(F)ccc3F)c2c1. The average Bonchev–Trinajstić information content (AvgIpc) is 2.76. The highest BCUT2D eigenvalue weighted by atomic mass is 19.1. The first-order valence-electron chi connectivity index (χ1n) is 5.91. The van der Waals surface area contributed by atoms with E-state index < -0.39 is 23.3 Å². The standard InChI is InChI=1S/C14H8F2N2O3/c15-8-2-3-9(16)11(6-8)18-12-5-7(13(19)20)1-4-10(12)17-14(18)21/h1-6H,(H,17,21)(H,19,20). The van der Waals surface area contributed by atoms with Crippen LogP contribution in [0.4, 0.5) is 8.78 Å². The second-order valence-electron chi connectivity index (χ2n) is 4.40. The van der Waals surface area contributed by atoms with E-state index in [-0.39, 0.29) is 16.8 Å². The first-order valence-corrected chi connectivity index (χ1v) is 5.91. The zero-order chi connectivity index (χ0) is 15.1. The van der Waals surface area contributed by atoms with Crippen molar-refractivity contribution in [2.45, 2.75) is 0 Å². The van der Waals surface area contributed by atoms with E-state index in [0.717, 1.165) is 22.8 Å². The van der Waals surface area contributed by atoms with Crippen molar-refractivity contribution in [2.24, 2.45) is 0 Å². The summed E-state index contributed by atoms with van der Waals surface area (Å²) >= 11 is 0. The minimum atomic E-state index is -1.18. The average molecular weight is 290 g/mol. The van der Waals surface area contributed by atoms with Crippen molar-refractivity contribution in [3.05, 3.63) is 64.1 Å². The molecule has 0 fully saturated rings. The highest BCUT2D eigenvalue weighted by Crippen LogP contribution is 2.20. The van der Waals surface area contributed by atoms with Gasteiger partial charge in [-0.05, 0) is 30.3 Å². The number of H-pyrrole nitrogens is 1. The van der Waals surface area contributed by atoms with Crippen molar-refractivity contribution >= 4 is 17.0 Å². The highest BCUT2D eigenvalue weighted by Gasteiger charge is 2.15. The van der Waals surface area contributed by atoms with E-state index in [1.165, 1.54) is 18.2 Å². The number of rotatable bonds is 2. The normalized spacial score (nSPS) is 11.0. The smallest absolute Gasteiger partial charge is 0.335 e. The van der Waals surface area contributed by atoms with Crippen molar-refractivity contribution in [2.75, 3.05) is 0 Å². The van der Waals surface area contributed by atoms with Crippen molar-refractivity contribution in [1.82, 2.24) is 9.55 Å². The van der Waals surface area contributed by atoms with E-state index in [1.807, 2.05) is 0 Å². The number of halogens is 2. The fourth-order valence-corrected chi connectivity index (χ4v) is 2.13. The van der Waals surface area contributed by atoms with Gasteiger partial charge < -0.3 is 10.1 Å². The molecule has 1 heterocycles. The number of aromatic nitrogens is 2. The largest absolute Gasteiger partial charge is 0.478 e. The maximum atomic E-state index is 13.8. The van der Waals surface area contributed by atoms with E-state index in [2.05, 4.69) is 4.98 Å². The lowest BCUT2D eigenvalue weighted by Crippen LogP contribution is -2.16. The van der Waals surface area contributed by atoms with Crippen molar-refractivity contribution in [3.8, 4) is 5.69 Å². The molecule has 1 aromatic heterocycles. The van der Waals surface area contributed by atoms with Crippen LogP contribution in [0, 0.1) is 11.6 Å². The summed E-state index contributed by atoms with van der Waals surface area (Å²) in [5, 5.41) is 8.98. The predicted octanol–water partition coefficient (Wildman–Crippen LogP) is 2.30. The summed E-state index contributed by atoms with van der Waals surface area (Å²) in [7, 11) is 0. The van der Waals surface area contributed by atoms with Gasteiger partial charge in [-0.1, -0.05) is 0 Å². The summed E-state index contributed by atoms with van der Waals surface area (Å²) in [5.74, 6) is -2.68. The van der Waals surface area contributed by atoms with Crippen LogP contribution in [0.2, 0.25) is 0 Å². The lowest BCUT2D eigenvalue weighted by molar-refractivity contribution is 0.0697. The van der Waals surface area contributed by atoms with Gasteiger partial charge in [0.05, 0.1) is 22.3 Å². The fourth-order valence-electron chi connectivity index (χ4n) is 2.13. The predicted molar refractivity (Wildman–Crippen MR) is 70.8 cm³/mol. The van der Waals surface area contributed by atoms with Gasteiger partial charge in [0.1, 0.15) is 11.6 Å². The molecule has 2 N–H and O–H groups in total. The Labute approximate surface area is 116 Å². The molecule has 3 aromatic rings. The fraction of sp³-hybridized carbons (Fsp3) is 0. The molecule has 0 saturated heterocycles. The molecule has 0 aliphatic heterocycles. The first kappa shape index (κ1) is 13.0. The number of aromatic amines is 1. The third kappa shape index (κ3) is 2.08. The molecule has 0 radical (unpaired) electrons. The van der Waals surface area contributed by atoms with Crippen molar-refractivity contribution in [3.63, 3.8) is 0 Å². The summed E-state index contributed by atoms with van der Waals surface area (Å²) in [6, 6.07) is 6.64. The molecule has 21 heavy (non-hydrogen) atoms. The van der Waals surface area contributed by atoms with Gasteiger partial charge in [-0.25, -0.2) is 18.4 Å². The molecule has 0 unspecified atom stereocenters. The molecule has 0 spiro atoms. The number of nitrogens with one attached hydrogen (secondary N) is 1. The summed E-state index contributed by atoms with van der Waals surface area (Å²) < 4.78 is 28.0. The van der Waals surface area contributed by atoms with Gasteiger partial charge in [0.2, 0.25) is 0 Å². The Balaban J connectivity index is 2.38. The molecule has 0 amide bonds. The number of hydrogen-bond acceptors (Lipinski definition) is 2. The molecule has 5 nitrogen and oxygen atoms in total. The summed E-state index contributed by atoms with van der Waals surface area (Å²) in [6.07, 6.45) is 0. The first-order chi connectivity index (χ1) is 9.97. The number of carboxylic acid groups (broad SMARTS) is 1. The van der Waals surface area contributed by atoms with Crippen molar-refractivity contribution in [1.29, 1.82) is 0 Å². The van der Waals surface area contributed by atoms with Gasteiger partial charge in [-0.2, -0.15) is 0 Å². The van der Waals surface area contributed by atoms with Crippen LogP contribution in [-0.4, -0.2) is 20.6 Å². The second kappa shape index (κ2) is 4.55. The molecule has 2 aromatic carbocycles. The van der Waals surface area contributed by atoms with Gasteiger partial charge in [0.25, 0.3) is 0 Å². The van der Waals surface area contributed by atoms with Crippen LogP contribution in [0.15, 0.2) is 41.2 Å². The van der Waals surface area contributed by atoms with Crippen LogP contribution in [0.5, 0.6) is 0 Å². The minimum Gasteiger partial charge on any atom is -0.478 e. The van der Waals surface area contributed by atoms with Crippen molar-refractivity contribution < 1.29 is 18.7 Å². The Morgan fingerprint density at radius 2 is 1.90 bits per heavy atom. The maximum absolute atomic E-state index is 13.8. The molecular formula is C14H8F2N2O3. The summed E-state index contributed by atoms with van der Waals surface area (Å²) in [4.78, 5) is 25.4. The van der Waals surface area contributed by atoms with Gasteiger partial charge in [0, 0.05) is 6.07 Å². The Kier molecular flexibility index (Phi) is 2.83. The molecule has 0 aliphatic carbocycles. The van der Waals surface area contributed by atoms with E-state index in [0.29, 0.717) is 5.52 Å². The summed E-state index contributed by atoms with van der Waals surface area (Å²) in [5.41, 5.74) is -0.545. The molecule has 0 atom stereocenters. The van der Waals surface area contributed by atoms with Gasteiger partial charge in [-0.3, -0.25) is 4.57 Å². The zero-order valence-corrected chi connectivity index (χ0v) is 10.4. The molecule has 106 valence electrons. The molecular weight excluding hydrogens is 282 g/mol. The lowest BCUT2D eigenvalue weighted by Gasteiger charge is -2.05.